The molecule has 5 heteroatoms. The molecule has 1 aliphatic carbocycles. The third-order valence-electron chi connectivity index (χ3n) is 3.36. The Balaban J connectivity index is 2.66. The van der Waals surface area contributed by atoms with Crippen molar-refractivity contribution >= 4 is 12.1 Å². The Morgan fingerprint density at radius 2 is 1.75 bits per heavy atom. The minimum absolute atomic E-state index is 0.00545. The highest BCUT2D eigenvalue weighted by atomic mass is 16.7. The third-order valence-corrected chi connectivity index (χ3v) is 3.36. The van der Waals surface area contributed by atoms with Gasteiger partial charge < -0.3 is 14.2 Å². The number of hydrogen-bond donors (Lipinski definition) is 0. The fraction of sp³-hybridized carbons (Fsp3) is 0.733. The van der Waals surface area contributed by atoms with Crippen LogP contribution in [0.1, 0.15) is 41.5 Å². The lowest BCUT2D eigenvalue weighted by Gasteiger charge is -2.19. The molecular formula is C15H24O5. The summed E-state index contributed by atoms with van der Waals surface area (Å²) in [5.41, 5.74) is -0.267. The molecule has 114 valence electrons. The molecule has 0 aromatic carbocycles. The summed E-state index contributed by atoms with van der Waals surface area (Å²) in [5.74, 6) is -0.377. The van der Waals surface area contributed by atoms with E-state index in [0.717, 1.165) is 0 Å². The molecule has 0 spiro atoms. The van der Waals surface area contributed by atoms with Crippen LogP contribution >= 0.6 is 0 Å². The molecule has 0 N–H and O–H groups in total. The van der Waals surface area contributed by atoms with E-state index < -0.39 is 11.8 Å². The van der Waals surface area contributed by atoms with E-state index in [1.165, 1.54) is 7.11 Å². The van der Waals surface area contributed by atoms with E-state index in [-0.39, 0.29) is 23.4 Å². The van der Waals surface area contributed by atoms with E-state index in [1.807, 2.05) is 13.8 Å². The normalized spacial score (nSPS) is 24.9. The largest absolute Gasteiger partial charge is 0.509 e. The SMILES string of the molecule is COC(=O)C(C)=CC1C(OC(=O)OC(C)(C)C)C1(C)C. The first-order chi connectivity index (χ1) is 8.99. The van der Waals surface area contributed by atoms with Crippen molar-refractivity contribution < 1.29 is 23.8 Å². The van der Waals surface area contributed by atoms with Crippen molar-refractivity contribution in [3.8, 4) is 0 Å². The van der Waals surface area contributed by atoms with Gasteiger partial charge in [0.15, 0.2) is 0 Å². The molecule has 2 atom stereocenters. The van der Waals surface area contributed by atoms with Crippen LogP contribution < -0.4 is 0 Å². The highest BCUT2D eigenvalue weighted by Gasteiger charge is 2.60. The number of ether oxygens (including phenoxy) is 3. The van der Waals surface area contributed by atoms with Gasteiger partial charge in [-0.25, -0.2) is 9.59 Å². The molecule has 0 amide bonds. The molecule has 0 aromatic rings. The van der Waals surface area contributed by atoms with Gasteiger partial charge in [0.05, 0.1) is 7.11 Å². The van der Waals surface area contributed by atoms with Crippen molar-refractivity contribution in [2.45, 2.75) is 53.2 Å². The number of carbonyl (C=O) groups excluding carboxylic acids is 2. The van der Waals surface area contributed by atoms with Crippen molar-refractivity contribution in [3.63, 3.8) is 0 Å². The van der Waals surface area contributed by atoms with Crippen LogP contribution in [0.25, 0.3) is 0 Å². The van der Waals surface area contributed by atoms with Gasteiger partial charge in [0.25, 0.3) is 0 Å². The lowest BCUT2D eigenvalue weighted by molar-refractivity contribution is -0.136. The molecular weight excluding hydrogens is 260 g/mol. The van der Waals surface area contributed by atoms with Crippen LogP contribution in [0.2, 0.25) is 0 Å². The molecule has 1 rings (SSSR count). The lowest BCUT2D eigenvalue weighted by atomic mass is 10.1. The number of carbonyl (C=O) groups is 2. The average Bonchev–Trinajstić information content (AvgIpc) is 2.76. The van der Waals surface area contributed by atoms with Crippen LogP contribution in [0.4, 0.5) is 4.79 Å². The molecule has 0 saturated heterocycles. The number of methoxy groups -OCH3 is 1. The zero-order chi connectivity index (χ0) is 15.7. The van der Waals surface area contributed by atoms with Crippen LogP contribution in [0.5, 0.6) is 0 Å². The first-order valence-electron chi connectivity index (χ1n) is 6.65. The molecule has 2 unspecified atom stereocenters. The maximum atomic E-state index is 11.7. The number of rotatable bonds is 3. The van der Waals surface area contributed by atoms with E-state index in [1.54, 1.807) is 33.8 Å². The van der Waals surface area contributed by atoms with Crippen LogP contribution in [0, 0.1) is 11.3 Å². The van der Waals surface area contributed by atoms with Gasteiger partial charge in [-0.05, 0) is 27.7 Å². The van der Waals surface area contributed by atoms with Crippen molar-refractivity contribution in [3.05, 3.63) is 11.6 Å². The second kappa shape index (κ2) is 5.46. The predicted octanol–water partition coefficient (Wildman–Crippen LogP) is 3.08. The summed E-state index contributed by atoms with van der Waals surface area (Å²) in [4.78, 5) is 23.0. The molecule has 0 bridgehead atoms. The predicted molar refractivity (Wildman–Crippen MR) is 74.2 cm³/mol. The average molecular weight is 284 g/mol. The summed E-state index contributed by atoms with van der Waals surface area (Å²) in [6, 6.07) is 0. The summed E-state index contributed by atoms with van der Waals surface area (Å²) in [6.07, 6.45) is 0.833. The van der Waals surface area contributed by atoms with Crippen LogP contribution in [0.3, 0.4) is 0 Å². The minimum atomic E-state index is -0.679. The molecule has 1 fully saturated rings. The second-order valence-electron chi connectivity index (χ2n) is 6.69. The van der Waals surface area contributed by atoms with E-state index >= 15 is 0 Å². The molecule has 0 heterocycles. The van der Waals surface area contributed by atoms with Crippen LogP contribution in [0.15, 0.2) is 11.6 Å². The lowest BCUT2D eigenvalue weighted by Crippen LogP contribution is -2.25. The molecule has 0 radical (unpaired) electrons. The zero-order valence-corrected chi connectivity index (χ0v) is 13.3. The number of esters is 1. The Morgan fingerprint density at radius 3 is 2.20 bits per heavy atom. The fourth-order valence-electron chi connectivity index (χ4n) is 2.03. The summed E-state index contributed by atoms with van der Waals surface area (Å²) in [5, 5.41) is 0. The third kappa shape index (κ3) is 3.99. The molecule has 20 heavy (non-hydrogen) atoms. The molecule has 0 aromatic heterocycles. The molecule has 1 aliphatic rings. The highest BCUT2D eigenvalue weighted by molar-refractivity contribution is 5.87. The van der Waals surface area contributed by atoms with Crippen LogP contribution in [-0.4, -0.2) is 30.9 Å². The first kappa shape index (κ1) is 16.5. The Morgan fingerprint density at radius 1 is 1.20 bits per heavy atom. The summed E-state index contributed by atoms with van der Waals surface area (Å²) < 4.78 is 15.1. The van der Waals surface area contributed by atoms with E-state index in [4.69, 9.17) is 9.47 Å². The summed E-state index contributed by atoms with van der Waals surface area (Å²) in [7, 11) is 1.34. The van der Waals surface area contributed by atoms with Crippen molar-refractivity contribution in [2.24, 2.45) is 11.3 Å². The monoisotopic (exact) mass is 284 g/mol. The van der Waals surface area contributed by atoms with Gasteiger partial charge in [-0.1, -0.05) is 19.9 Å². The Bertz CT molecular complexity index is 428. The van der Waals surface area contributed by atoms with Crippen molar-refractivity contribution in [1.29, 1.82) is 0 Å². The van der Waals surface area contributed by atoms with Gasteiger partial charge in [-0.2, -0.15) is 0 Å². The molecule has 5 nitrogen and oxygen atoms in total. The van der Waals surface area contributed by atoms with Gasteiger partial charge in [-0.15, -0.1) is 0 Å². The Labute approximate surface area is 120 Å². The first-order valence-corrected chi connectivity index (χ1v) is 6.65. The smallest absolute Gasteiger partial charge is 0.466 e. The minimum Gasteiger partial charge on any atom is -0.466 e. The standard InChI is InChI=1S/C15H24O5/c1-9(12(16)18-7)8-10-11(15(10,5)6)19-13(17)20-14(2,3)4/h8,10-11H,1-7H3. The van der Waals surface area contributed by atoms with Gasteiger partial charge in [-0.3, -0.25) is 0 Å². The molecule has 1 saturated carbocycles. The quantitative estimate of drug-likeness (QED) is 0.588. The van der Waals surface area contributed by atoms with Gasteiger partial charge in [0.2, 0.25) is 0 Å². The van der Waals surface area contributed by atoms with Gasteiger partial charge in [0, 0.05) is 16.9 Å². The maximum Gasteiger partial charge on any atom is 0.509 e. The van der Waals surface area contributed by atoms with E-state index in [9.17, 15) is 9.59 Å². The van der Waals surface area contributed by atoms with E-state index in [0.29, 0.717) is 5.57 Å². The Kier molecular flexibility index (Phi) is 4.52. The summed E-state index contributed by atoms with van der Waals surface area (Å²) in [6.45, 7) is 11.0. The second-order valence-corrected chi connectivity index (χ2v) is 6.69. The highest BCUT2D eigenvalue weighted by Crippen LogP contribution is 2.55. The summed E-state index contributed by atoms with van der Waals surface area (Å²) >= 11 is 0. The van der Waals surface area contributed by atoms with Gasteiger partial charge >= 0.3 is 12.1 Å². The van der Waals surface area contributed by atoms with E-state index in [2.05, 4.69) is 4.74 Å². The number of hydrogen-bond acceptors (Lipinski definition) is 5. The van der Waals surface area contributed by atoms with Crippen molar-refractivity contribution in [1.82, 2.24) is 0 Å². The van der Waals surface area contributed by atoms with Crippen LogP contribution in [-0.2, 0) is 19.0 Å². The zero-order valence-electron chi connectivity index (χ0n) is 13.3. The topological polar surface area (TPSA) is 61.8 Å². The van der Waals surface area contributed by atoms with Gasteiger partial charge in [0.1, 0.15) is 11.7 Å². The van der Waals surface area contributed by atoms with Crippen molar-refractivity contribution in [2.75, 3.05) is 7.11 Å². The maximum absolute atomic E-state index is 11.7. The molecule has 0 aliphatic heterocycles. The Hall–Kier alpha value is -1.52. The fourth-order valence-corrected chi connectivity index (χ4v) is 2.03.